The topological polar surface area (TPSA) is 86.2 Å². The number of likely N-dealkylation sites (N-methyl/N-ethyl adjacent to an activating group) is 1. The number of aromatic nitrogens is 1. The van der Waals surface area contributed by atoms with E-state index in [1.807, 2.05) is 33.2 Å². The molecule has 2 heterocycles. The summed E-state index contributed by atoms with van der Waals surface area (Å²) in [4.78, 5) is 35.5. The molecule has 0 saturated heterocycles. The Morgan fingerprint density at radius 1 is 1.21 bits per heavy atom. The van der Waals surface area contributed by atoms with Crippen LogP contribution < -0.4 is 4.74 Å². The molecule has 0 radical (unpaired) electrons. The predicted molar refractivity (Wildman–Crippen MR) is 127 cm³/mol. The maximum atomic E-state index is 13.5. The third kappa shape index (κ3) is 5.51. The summed E-state index contributed by atoms with van der Waals surface area (Å²) in [6.45, 7) is 4.92. The third-order valence-corrected chi connectivity index (χ3v) is 5.94. The van der Waals surface area contributed by atoms with Crippen molar-refractivity contribution in [2.75, 3.05) is 47.9 Å². The van der Waals surface area contributed by atoms with Gasteiger partial charge in [0.1, 0.15) is 11.7 Å². The lowest BCUT2D eigenvalue weighted by molar-refractivity contribution is 0.0348. The molecule has 2 amide bonds. The van der Waals surface area contributed by atoms with Crippen LogP contribution in [-0.4, -0.2) is 96.6 Å². The first-order chi connectivity index (χ1) is 15.6. The van der Waals surface area contributed by atoms with Gasteiger partial charge in [0.15, 0.2) is 0 Å². The molecular formula is C25H34N4O4. The van der Waals surface area contributed by atoms with Gasteiger partial charge in [0.2, 0.25) is 5.88 Å². The zero-order chi connectivity index (χ0) is 24.3. The zero-order valence-corrected chi connectivity index (χ0v) is 20.3. The molecule has 1 N–H and O–H groups in total. The van der Waals surface area contributed by atoms with E-state index in [1.165, 1.54) is 4.90 Å². The Morgan fingerprint density at radius 3 is 2.45 bits per heavy atom. The van der Waals surface area contributed by atoms with Crippen LogP contribution in [0.5, 0.6) is 5.88 Å². The van der Waals surface area contributed by atoms with Gasteiger partial charge < -0.3 is 24.5 Å². The normalized spacial score (nSPS) is 19.4. The molecule has 33 heavy (non-hydrogen) atoms. The smallest absolute Gasteiger partial charge is 0.259 e. The van der Waals surface area contributed by atoms with Crippen molar-refractivity contribution in [2.24, 2.45) is 5.92 Å². The van der Waals surface area contributed by atoms with Crippen LogP contribution in [0.4, 0.5) is 0 Å². The highest BCUT2D eigenvalue weighted by Crippen LogP contribution is 2.30. The summed E-state index contributed by atoms with van der Waals surface area (Å²) < 4.78 is 6.25. The molecule has 8 nitrogen and oxygen atoms in total. The number of benzene rings is 1. The van der Waals surface area contributed by atoms with Crippen molar-refractivity contribution in [3.05, 3.63) is 47.7 Å². The average Bonchev–Trinajstić information content (AvgIpc) is 2.79. The van der Waals surface area contributed by atoms with Crippen LogP contribution in [0.25, 0.3) is 11.1 Å². The molecule has 2 aromatic rings. The second kappa shape index (κ2) is 10.3. The maximum absolute atomic E-state index is 13.5. The molecule has 3 rings (SSSR count). The summed E-state index contributed by atoms with van der Waals surface area (Å²) >= 11 is 0. The number of aliphatic hydroxyl groups is 1. The van der Waals surface area contributed by atoms with Crippen molar-refractivity contribution in [2.45, 2.75) is 26.0 Å². The van der Waals surface area contributed by atoms with Gasteiger partial charge >= 0.3 is 0 Å². The first-order valence-electron chi connectivity index (χ1n) is 11.2. The van der Waals surface area contributed by atoms with Gasteiger partial charge in [-0.25, -0.2) is 4.98 Å². The summed E-state index contributed by atoms with van der Waals surface area (Å²) in [5.41, 5.74) is 2.56. The third-order valence-electron chi connectivity index (χ3n) is 5.94. The molecule has 0 fully saturated rings. The fourth-order valence-electron chi connectivity index (χ4n) is 3.90. The summed E-state index contributed by atoms with van der Waals surface area (Å²) in [6.07, 6.45) is 1.53. The molecule has 8 heteroatoms. The first kappa shape index (κ1) is 24.7. The summed E-state index contributed by atoms with van der Waals surface area (Å²) in [6, 6.07) is 8.68. The van der Waals surface area contributed by atoms with E-state index in [4.69, 9.17) is 4.74 Å². The molecule has 1 aromatic carbocycles. The number of pyridine rings is 1. The number of hydrogen-bond acceptors (Lipinski definition) is 6. The molecule has 178 valence electrons. The van der Waals surface area contributed by atoms with E-state index in [-0.39, 0.29) is 36.5 Å². The Bertz CT molecular complexity index is 990. The summed E-state index contributed by atoms with van der Waals surface area (Å²) in [7, 11) is 7.39. The highest BCUT2D eigenvalue weighted by molar-refractivity contribution is 5.98. The summed E-state index contributed by atoms with van der Waals surface area (Å²) in [5, 5.41) is 9.77. The van der Waals surface area contributed by atoms with Crippen molar-refractivity contribution in [3.63, 3.8) is 0 Å². The van der Waals surface area contributed by atoms with Gasteiger partial charge in [0, 0.05) is 50.4 Å². The SMILES string of the molecule is C[C@@H]1CN([C@@H](C)CO)C(=O)c2cc(-c3ccc(C(=O)N(C)C)cc3)cnc2O[C@@H]1CN(C)C. The van der Waals surface area contributed by atoms with Crippen LogP contribution in [0.2, 0.25) is 0 Å². The molecule has 1 aliphatic rings. The van der Waals surface area contributed by atoms with Gasteiger partial charge in [0.25, 0.3) is 11.8 Å². The van der Waals surface area contributed by atoms with Crippen molar-refractivity contribution in [1.29, 1.82) is 0 Å². The number of ether oxygens (including phenoxy) is 1. The van der Waals surface area contributed by atoms with E-state index >= 15 is 0 Å². The number of carbonyl (C=O) groups is 2. The minimum Gasteiger partial charge on any atom is -0.472 e. The van der Waals surface area contributed by atoms with Crippen molar-refractivity contribution >= 4 is 11.8 Å². The van der Waals surface area contributed by atoms with E-state index in [2.05, 4.69) is 16.8 Å². The van der Waals surface area contributed by atoms with Crippen molar-refractivity contribution < 1.29 is 19.4 Å². The van der Waals surface area contributed by atoms with Crippen LogP contribution in [-0.2, 0) is 0 Å². The largest absolute Gasteiger partial charge is 0.472 e. The van der Waals surface area contributed by atoms with Crippen molar-refractivity contribution in [1.82, 2.24) is 19.7 Å². The standard InChI is InChI=1S/C25H34N4O4/c1-16-13-29(17(2)15-30)25(32)21-11-20(12-26-23(21)33-22(16)14-27(3)4)18-7-9-19(10-8-18)24(31)28(5)6/h7-12,16-17,22,30H,13-15H2,1-6H3/t16-,17+,22-/m1/s1. The van der Waals surface area contributed by atoms with Gasteiger partial charge in [-0.2, -0.15) is 0 Å². The molecule has 0 spiro atoms. The number of amides is 2. The first-order valence-corrected chi connectivity index (χ1v) is 11.2. The molecule has 0 aliphatic carbocycles. The highest BCUT2D eigenvalue weighted by Gasteiger charge is 2.34. The quantitative estimate of drug-likeness (QED) is 0.721. The number of aliphatic hydroxyl groups excluding tert-OH is 1. The lowest BCUT2D eigenvalue weighted by atomic mass is 9.99. The van der Waals surface area contributed by atoms with Gasteiger partial charge in [-0.15, -0.1) is 0 Å². The Kier molecular flexibility index (Phi) is 7.71. The van der Waals surface area contributed by atoms with Crippen LogP contribution in [0.1, 0.15) is 34.6 Å². The monoisotopic (exact) mass is 454 g/mol. The van der Waals surface area contributed by atoms with Gasteiger partial charge in [-0.3, -0.25) is 9.59 Å². The molecule has 3 atom stereocenters. The van der Waals surface area contributed by atoms with Crippen LogP contribution >= 0.6 is 0 Å². The Hall–Kier alpha value is -2.97. The van der Waals surface area contributed by atoms with E-state index in [9.17, 15) is 14.7 Å². The van der Waals surface area contributed by atoms with Gasteiger partial charge in [-0.1, -0.05) is 19.1 Å². The number of fused-ring (bicyclic) bond motifs is 1. The fourth-order valence-corrected chi connectivity index (χ4v) is 3.90. The maximum Gasteiger partial charge on any atom is 0.259 e. The molecule has 0 bridgehead atoms. The zero-order valence-electron chi connectivity index (χ0n) is 20.3. The predicted octanol–water partition coefficient (Wildman–Crippen LogP) is 2.23. The van der Waals surface area contributed by atoms with Crippen LogP contribution in [0.15, 0.2) is 36.5 Å². The molecule has 1 aromatic heterocycles. The number of carbonyl (C=O) groups excluding carboxylic acids is 2. The Morgan fingerprint density at radius 2 is 1.88 bits per heavy atom. The Balaban J connectivity index is 2.02. The van der Waals surface area contributed by atoms with E-state index in [0.29, 0.717) is 30.1 Å². The second-order valence-electron chi connectivity index (χ2n) is 9.24. The molecule has 1 aliphatic heterocycles. The minimum absolute atomic E-state index is 0.0572. The van der Waals surface area contributed by atoms with Crippen LogP contribution in [0.3, 0.4) is 0 Å². The van der Waals surface area contributed by atoms with Crippen molar-refractivity contribution in [3.8, 4) is 17.0 Å². The average molecular weight is 455 g/mol. The Labute approximate surface area is 195 Å². The number of nitrogens with zero attached hydrogens (tertiary/aromatic N) is 4. The minimum atomic E-state index is -0.328. The van der Waals surface area contributed by atoms with Gasteiger partial charge in [0.05, 0.1) is 12.6 Å². The van der Waals surface area contributed by atoms with Crippen LogP contribution in [0, 0.1) is 5.92 Å². The number of rotatable bonds is 6. The molecular weight excluding hydrogens is 420 g/mol. The molecule has 0 unspecified atom stereocenters. The van der Waals surface area contributed by atoms with E-state index < -0.39 is 0 Å². The summed E-state index contributed by atoms with van der Waals surface area (Å²) in [5.74, 6) is 0.0741. The lowest BCUT2D eigenvalue weighted by Crippen LogP contribution is -2.49. The lowest BCUT2D eigenvalue weighted by Gasteiger charge is -2.37. The molecule has 0 saturated carbocycles. The highest BCUT2D eigenvalue weighted by atomic mass is 16.5. The fraction of sp³-hybridized carbons (Fsp3) is 0.480. The van der Waals surface area contributed by atoms with E-state index in [1.54, 1.807) is 43.4 Å². The second-order valence-corrected chi connectivity index (χ2v) is 9.24. The van der Waals surface area contributed by atoms with E-state index in [0.717, 1.165) is 11.1 Å². The number of hydrogen-bond donors (Lipinski definition) is 1. The van der Waals surface area contributed by atoms with Gasteiger partial charge in [-0.05, 0) is 44.8 Å².